The van der Waals surface area contributed by atoms with Crippen LogP contribution in [0.3, 0.4) is 0 Å². The number of halogens is 1. The first-order chi connectivity index (χ1) is 5.70. The van der Waals surface area contributed by atoms with Crippen molar-refractivity contribution in [2.24, 2.45) is 0 Å². The van der Waals surface area contributed by atoms with Gasteiger partial charge in [-0.05, 0) is 12.1 Å². The third-order valence-corrected chi connectivity index (χ3v) is 1.30. The Morgan fingerprint density at radius 2 is 2.00 bits per heavy atom. The average molecular weight is 249 g/mol. The molecule has 0 atom stereocenters. The number of hydrogen-bond acceptors (Lipinski definition) is 2. The predicted octanol–water partition coefficient (Wildman–Crippen LogP) is -4.44. The van der Waals surface area contributed by atoms with Crippen LogP contribution < -0.4 is 108 Å². The fourth-order valence-electron chi connectivity index (χ4n) is 0.775. The Morgan fingerprint density at radius 3 is 2.50 bits per heavy atom. The van der Waals surface area contributed by atoms with Gasteiger partial charge in [-0.25, -0.2) is 4.39 Å². The first kappa shape index (κ1) is 18.1. The molecule has 0 bridgehead atoms. The topological polar surface area (TPSA) is 49.3 Å². The van der Waals surface area contributed by atoms with Crippen molar-refractivity contribution in [1.82, 2.24) is 0 Å². The van der Waals surface area contributed by atoms with Gasteiger partial charge in [0, 0.05) is 0 Å². The minimum absolute atomic E-state index is 0. The molecule has 0 saturated carbocycles. The van der Waals surface area contributed by atoms with Gasteiger partial charge in [0.2, 0.25) is 0 Å². The van der Waals surface area contributed by atoms with Crippen LogP contribution >= 0.6 is 0 Å². The summed E-state index contributed by atoms with van der Waals surface area (Å²) in [4.78, 5) is 10.1. The van der Waals surface area contributed by atoms with Gasteiger partial charge in [-0.2, -0.15) is 0 Å². The molecule has 0 heterocycles. The molecule has 1 aromatic carbocycles. The molecule has 0 aliphatic heterocycles. The molecular weight excluding hydrogens is 239 g/mol. The predicted molar refractivity (Wildman–Crippen MR) is 44.7 cm³/mol. The van der Waals surface area contributed by atoms with Gasteiger partial charge in [0.05, 0.1) is 5.69 Å². The molecule has 0 saturated heterocycles. The molecule has 3 nitrogen and oxygen atoms in total. The van der Waals surface area contributed by atoms with Crippen molar-refractivity contribution in [3.8, 4) is 0 Å². The second kappa shape index (κ2) is 9.89. The summed E-state index contributed by atoms with van der Waals surface area (Å²) < 4.78 is 12.8. The number of rotatable bonds is 3. The number of nitrogens with one attached hydrogen (secondary N) is 1. The first-order valence-corrected chi connectivity index (χ1v) is 3.40. The van der Waals surface area contributed by atoms with E-state index in [1.54, 1.807) is 12.1 Å². The molecule has 14 heavy (non-hydrogen) atoms. The number of anilines is 1. The van der Waals surface area contributed by atoms with E-state index in [-0.39, 0.29) is 118 Å². The van der Waals surface area contributed by atoms with Crippen LogP contribution in [-0.2, 0) is 4.79 Å². The van der Waals surface area contributed by atoms with E-state index >= 15 is 0 Å². The maximum Gasteiger partial charge on any atom is 1.00 e. The van der Waals surface area contributed by atoms with E-state index in [0.717, 1.165) is 0 Å². The average Bonchev–Trinajstić information content (AvgIpc) is 2.03. The van der Waals surface area contributed by atoms with Crippen LogP contribution in [0.25, 0.3) is 0 Å². The second-order valence-electron chi connectivity index (χ2n) is 2.23. The molecule has 0 aliphatic carbocycles. The quantitative estimate of drug-likeness (QED) is 0.532. The number of aliphatic carboxylic acids is 1. The first-order valence-electron chi connectivity index (χ1n) is 3.40. The van der Waals surface area contributed by atoms with E-state index in [0.29, 0.717) is 0 Å². The van der Waals surface area contributed by atoms with Crippen LogP contribution in [0.15, 0.2) is 24.3 Å². The van der Waals surface area contributed by atoms with Gasteiger partial charge in [0.25, 0.3) is 0 Å². The van der Waals surface area contributed by atoms with Crippen molar-refractivity contribution in [3.05, 3.63) is 30.1 Å². The number of carboxylic acids is 1. The fourth-order valence-corrected chi connectivity index (χ4v) is 0.775. The number of carbonyl (C=O) groups is 1. The standard InChI is InChI=1S/C8H8FNO2.2K.2H/c9-6-3-1-2-4-7(6)10-5-8(11)12;;;;/h1-4,10H,5H2,(H,11,12);;;;/q;2*+1;2*-1. The smallest absolute Gasteiger partial charge is 1.00 e. The van der Waals surface area contributed by atoms with Crippen LogP contribution in [0.2, 0.25) is 0 Å². The van der Waals surface area contributed by atoms with Crippen LogP contribution in [0.5, 0.6) is 0 Å². The zero-order valence-electron chi connectivity index (χ0n) is 10.2. The van der Waals surface area contributed by atoms with Gasteiger partial charge >= 0.3 is 109 Å². The van der Waals surface area contributed by atoms with Crippen molar-refractivity contribution >= 4 is 11.7 Å². The normalized spacial score (nSPS) is 8.07. The zero-order chi connectivity index (χ0) is 8.97. The largest absolute Gasteiger partial charge is 1.00 e. The SMILES string of the molecule is O=C(O)CNc1ccccc1F.[H-].[H-].[K+].[K+]. The number of carboxylic acid groups (broad SMARTS) is 1. The van der Waals surface area contributed by atoms with Crippen LogP contribution in [0.4, 0.5) is 10.1 Å². The third-order valence-electron chi connectivity index (χ3n) is 1.30. The Hall–Kier alpha value is 1.69. The summed E-state index contributed by atoms with van der Waals surface area (Å²) in [5.41, 5.74) is 0.208. The molecule has 6 heteroatoms. The minimum atomic E-state index is -1.02. The molecular formula is C8H10FK2NO2. The Balaban J connectivity index is -0.000000180. The molecule has 1 rings (SSSR count). The van der Waals surface area contributed by atoms with E-state index in [1.165, 1.54) is 12.1 Å². The van der Waals surface area contributed by atoms with Gasteiger partial charge in [0.1, 0.15) is 12.4 Å². The summed E-state index contributed by atoms with van der Waals surface area (Å²) in [6, 6.07) is 5.93. The number of benzene rings is 1. The van der Waals surface area contributed by atoms with Gasteiger partial charge in [-0.1, -0.05) is 12.1 Å². The maximum absolute atomic E-state index is 12.8. The van der Waals surface area contributed by atoms with Gasteiger partial charge in [-0.3, -0.25) is 4.79 Å². The summed E-state index contributed by atoms with van der Waals surface area (Å²) in [5.74, 6) is -1.46. The molecule has 0 amide bonds. The molecule has 0 unspecified atom stereocenters. The second-order valence-corrected chi connectivity index (χ2v) is 2.23. The Bertz CT molecular complexity index is 305. The molecule has 0 fully saturated rings. The van der Waals surface area contributed by atoms with Crippen LogP contribution in [-0.4, -0.2) is 17.6 Å². The number of hydrogen-bond donors (Lipinski definition) is 2. The monoisotopic (exact) mass is 249 g/mol. The molecule has 2 N–H and O–H groups in total. The summed E-state index contributed by atoms with van der Waals surface area (Å²) in [7, 11) is 0. The minimum Gasteiger partial charge on any atom is -1.00 e. The molecule has 0 spiro atoms. The zero-order valence-corrected chi connectivity index (χ0v) is 14.5. The van der Waals surface area contributed by atoms with Crippen molar-refractivity contribution in [2.45, 2.75) is 0 Å². The Morgan fingerprint density at radius 1 is 1.43 bits per heavy atom. The molecule has 0 radical (unpaired) electrons. The van der Waals surface area contributed by atoms with Gasteiger partial charge < -0.3 is 13.3 Å². The van der Waals surface area contributed by atoms with Crippen LogP contribution in [0.1, 0.15) is 2.85 Å². The van der Waals surface area contributed by atoms with Crippen molar-refractivity contribution in [3.63, 3.8) is 0 Å². The maximum atomic E-state index is 12.8. The Labute approximate surface area is 170 Å². The molecule has 0 aliphatic rings. The van der Waals surface area contributed by atoms with Crippen molar-refractivity contribution < 1.29 is 120 Å². The van der Waals surface area contributed by atoms with E-state index in [2.05, 4.69) is 5.32 Å². The number of para-hydroxylation sites is 1. The third kappa shape index (κ3) is 7.05. The van der Waals surface area contributed by atoms with E-state index < -0.39 is 11.8 Å². The molecule has 68 valence electrons. The van der Waals surface area contributed by atoms with E-state index in [4.69, 9.17) is 5.11 Å². The Kier molecular flexibility index (Phi) is 12.8. The van der Waals surface area contributed by atoms with Gasteiger partial charge in [0.15, 0.2) is 0 Å². The summed E-state index contributed by atoms with van der Waals surface area (Å²) >= 11 is 0. The molecule has 1 aromatic rings. The van der Waals surface area contributed by atoms with Crippen molar-refractivity contribution in [2.75, 3.05) is 11.9 Å². The summed E-state index contributed by atoms with van der Waals surface area (Å²) in [6.45, 7) is -0.277. The van der Waals surface area contributed by atoms with Crippen molar-refractivity contribution in [1.29, 1.82) is 0 Å². The van der Waals surface area contributed by atoms with Gasteiger partial charge in [-0.15, -0.1) is 0 Å². The summed E-state index contributed by atoms with van der Waals surface area (Å²) in [5, 5.41) is 10.7. The summed E-state index contributed by atoms with van der Waals surface area (Å²) in [6.07, 6.45) is 0. The van der Waals surface area contributed by atoms with E-state index in [9.17, 15) is 9.18 Å². The van der Waals surface area contributed by atoms with E-state index in [1.807, 2.05) is 0 Å². The fraction of sp³-hybridized carbons (Fsp3) is 0.125. The van der Waals surface area contributed by atoms with Crippen LogP contribution in [0, 0.1) is 5.82 Å². The molecule has 0 aromatic heterocycles.